The van der Waals surface area contributed by atoms with Crippen LogP contribution in [0.1, 0.15) is 111 Å². The van der Waals surface area contributed by atoms with Gasteiger partial charge in [-0.2, -0.15) is 0 Å². The van der Waals surface area contributed by atoms with Gasteiger partial charge in [-0.3, -0.25) is 10.1 Å². The van der Waals surface area contributed by atoms with Crippen LogP contribution in [0.25, 0.3) is 0 Å². The maximum Gasteiger partial charge on any atom is 0.330 e. The van der Waals surface area contributed by atoms with Gasteiger partial charge in [-0.15, -0.1) is 0 Å². The molecule has 164 valence electrons. The van der Waals surface area contributed by atoms with Gasteiger partial charge < -0.3 is 10.5 Å². The number of carbonyl (C=O) groups excluding carboxylic acids is 2. The molecule has 0 spiro atoms. The minimum atomic E-state index is -0.571. The number of nitrogens with one attached hydrogen (secondary N) is 1. The van der Waals surface area contributed by atoms with E-state index in [4.69, 9.17) is 10.5 Å². The summed E-state index contributed by atoms with van der Waals surface area (Å²) in [5.41, 5.74) is 5.55. The van der Waals surface area contributed by atoms with Crippen LogP contribution in [0.2, 0.25) is 0 Å². The normalized spacial score (nSPS) is 13.6. The maximum absolute atomic E-state index is 11.7. The molecule has 0 fully saturated rings. The lowest BCUT2D eigenvalue weighted by molar-refractivity contribution is -0.161. The zero-order valence-corrected chi connectivity index (χ0v) is 18.5. The van der Waals surface area contributed by atoms with Gasteiger partial charge in [0.15, 0.2) is 0 Å². The van der Waals surface area contributed by atoms with E-state index in [1.807, 2.05) is 0 Å². The molecular formula is C23H44N2O3. The van der Waals surface area contributed by atoms with Gasteiger partial charge in [0.1, 0.15) is 6.04 Å². The third-order valence-electron chi connectivity index (χ3n) is 4.72. The van der Waals surface area contributed by atoms with E-state index in [0.717, 1.165) is 25.7 Å². The van der Waals surface area contributed by atoms with Crippen LogP contribution in [0.4, 0.5) is 0 Å². The minimum absolute atomic E-state index is 0.300. The van der Waals surface area contributed by atoms with Crippen molar-refractivity contribution in [1.29, 1.82) is 0 Å². The van der Waals surface area contributed by atoms with Crippen molar-refractivity contribution < 1.29 is 14.3 Å². The van der Waals surface area contributed by atoms with Crippen LogP contribution in [0, 0.1) is 0 Å². The van der Waals surface area contributed by atoms with E-state index < -0.39 is 18.0 Å². The third-order valence-corrected chi connectivity index (χ3v) is 4.72. The molecule has 0 saturated carbocycles. The van der Waals surface area contributed by atoms with Gasteiger partial charge in [0.2, 0.25) is 0 Å². The standard InChI is InChI=1S/C23H44N2O3/c1-4-5-6-7-8-9-10-11-12-13-14-15-16-17-18-19-22(26)28-23(27)20(2)25-21(3)24/h11-12,20-21,25H,4-10,13-19,24H2,1-3H3/b12-11-. The predicted octanol–water partition coefficient (Wildman–Crippen LogP) is 5.38. The Balaban J connectivity index is 3.43. The molecule has 0 aliphatic heterocycles. The number of ether oxygens (including phenoxy) is 1. The Morgan fingerprint density at radius 3 is 1.89 bits per heavy atom. The second-order valence-corrected chi connectivity index (χ2v) is 7.80. The molecule has 3 N–H and O–H groups in total. The van der Waals surface area contributed by atoms with Gasteiger partial charge >= 0.3 is 11.9 Å². The molecule has 2 atom stereocenters. The highest BCUT2D eigenvalue weighted by Gasteiger charge is 2.18. The summed E-state index contributed by atoms with van der Waals surface area (Å²) >= 11 is 0. The second-order valence-electron chi connectivity index (χ2n) is 7.80. The summed E-state index contributed by atoms with van der Waals surface area (Å²) in [4.78, 5) is 23.3. The van der Waals surface area contributed by atoms with Crippen molar-refractivity contribution in [2.24, 2.45) is 5.73 Å². The van der Waals surface area contributed by atoms with Crippen LogP contribution in [0.5, 0.6) is 0 Å². The summed E-state index contributed by atoms with van der Waals surface area (Å²) in [5, 5.41) is 2.82. The van der Waals surface area contributed by atoms with Crippen molar-refractivity contribution in [3.05, 3.63) is 12.2 Å². The number of esters is 2. The molecule has 0 aromatic rings. The van der Waals surface area contributed by atoms with Crippen LogP contribution in [-0.4, -0.2) is 24.1 Å². The molecule has 5 heteroatoms. The molecule has 0 aromatic carbocycles. The van der Waals surface area contributed by atoms with Crippen molar-refractivity contribution in [1.82, 2.24) is 5.32 Å². The first-order valence-electron chi connectivity index (χ1n) is 11.4. The molecule has 5 nitrogen and oxygen atoms in total. The van der Waals surface area contributed by atoms with Gasteiger partial charge in [-0.1, -0.05) is 70.4 Å². The van der Waals surface area contributed by atoms with Crippen LogP contribution in [0.15, 0.2) is 12.2 Å². The van der Waals surface area contributed by atoms with Crippen LogP contribution in [-0.2, 0) is 14.3 Å². The van der Waals surface area contributed by atoms with E-state index in [1.165, 1.54) is 57.8 Å². The van der Waals surface area contributed by atoms with E-state index in [9.17, 15) is 9.59 Å². The molecule has 0 radical (unpaired) electrons. The highest BCUT2D eigenvalue weighted by molar-refractivity contribution is 5.88. The van der Waals surface area contributed by atoms with Gasteiger partial charge in [-0.25, -0.2) is 4.79 Å². The van der Waals surface area contributed by atoms with Crippen molar-refractivity contribution in [3.63, 3.8) is 0 Å². The van der Waals surface area contributed by atoms with E-state index in [2.05, 4.69) is 24.4 Å². The SMILES string of the molecule is CCCCCCCC/C=C\CCCCCCCC(=O)OC(=O)C(C)NC(C)N. The van der Waals surface area contributed by atoms with Crippen molar-refractivity contribution in [2.75, 3.05) is 0 Å². The smallest absolute Gasteiger partial charge is 0.330 e. The zero-order chi connectivity index (χ0) is 21.0. The number of hydrogen-bond acceptors (Lipinski definition) is 5. The fourth-order valence-electron chi connectivity index (χ4n) is 3.05. The Bertz CT molecular complexity index is 422. The third kappa shape index (κ3) is 18.2. The molecular weight excluding hydrogens is 352 g/mol. The lowest BCUT2D eigenvalue weighted by Gasteiger charge is -2.14. The Labute approximate surface area is 172 Å². The van der Waals surface area contributed by atoms with Crippen LogP contribution < -0.4 is 11.1 Å². The number of carbonyl (C=O) groups is 2. The Hall–Kier alpha value is -1.20. The molecule has 0 amide bonds. The summed E-state index contributed by atoms with van der Waals surface area (Å²) in [7, 11) is 0. The largest absolute Gasteiger partial charge is 0.392 e. The molecule has 0 saturated heterocycles. The summed E-state index contributed by atoms with van der Waals surface area (Å²) in [6, 6.07) is -0.571. The van der Waals surface area contributed by atoms with Gasteiger partial charge in [-0.05, 0) is 46.0 Å². The fraction of sp³-hybridized carbons (Fsp3) is 0.826. The van der Waals surface area contributed by atoms with Crippen molar-refractivity contribution in [3.8, 4) is 0 Å². The molecule has 28 heavy (non-hydrogen) atoms. The number of allylic oxidation sites excluding steroid dienone is 2. The first kappa shape index (κ1) is 26.8. The molecule has 0 aliphatic rings. The van der Waals surface area contributed by atoms with Gasteiger partial charge in [0, 0.05) is 6.42 Å². The zero-order valence-electron chi connectivity index (χ0n) is 18.5. The molecule has 2 unspecified atom stereocenters. The average molecular weight is 397 g/mol. The maximum atomic E-state index is 11.7. The Morgan fingerprint density at radius 1 is 0.857 bits per heavy atom. The topological polar surface area (TPSA) is 81.4 Å². The van der Waals surface area contributed by atoms with Crippen LogP contribution >= 0.6 is 0 Å². The summed E-state index contributed by atoms with van der Waals surface area (Å²) < 4.78 is 4.83. The number of rotatable bonds is 18. The number of nitrogens with two attached hydrogens (primary N) is 1. The monoisotopic (exact) mass is 396 g/mol. The number of hydrogen-bond donors (Lipinski definition) is 2. The summed E-state index contributed by atoms with van der Waals surface area (Å²) in [6.45, 7) is 5.63. The van der Waals surface area contributed by atoms with Gasteiger partial charge in [0.05, 0.1) is 6.17 Å². The predicted molar refractivity (Wildman–Crippen MR) is 117 cm³/mol. The van der Waals surface area contributed by atoms with E-state index in [-0.39, 0.29) is 6.17 Å². The highest BCUT2D eigenvalue weighted by Crippen LogP contribution is 2.10. The van der Waals surface area contributed by atoms with E-state index in [0.29, 0.717) is 6.42 Å². The highest BCUT2D eigenvalue weighted by atomic mass is 16.6. The van der Waals surface area contributed by atoms with Crippen LogP contribution in [0.3, 0.4) is 0 Å². The van der Waals surface area contributed by atoms with Crippen molar-refractivity contribution >= 4 is 11.9 Å². The quantitative estimate of drug-likeness (QED) is 0.107. The second kappa shape index (κ2) is 19.1. The van der Waals surface area contributed by atoms with E-state index >= 15 is 0 Å². The molecule has 0 aromatic heterocycles. The van der Waals surface area contributed by atoms with Gasteiger partial charge in [0.25, 0.3) is 0 Å². The average Bonchev–Trinajstić information content (AvgIpc) is 2.64. The molecule has 0 heterocycles. The first-order chi connectivity index (χ1) is 13.5. The van der Waals surface area contributed by atoms with Crippen molar-refractivity contribution in [2.45, 2.75) is 123 Å². The van der Waals surface area contributed by atoms with E-state index in [1.54, 1.807) is 13.8 Å². The minimum Gasteiger partial charge on any atom is -0.392 e. The molecule has 0 aliphatic carbocycles. The lowest BCUT2D eigenvalue weighted by Crippen LogP contribution is -2.45. The molecule has 0 rings (SSSR count). The number of unbranched alkanes of at least 4 members (excludes halogenated alkanes) is 11. The summed E-state index contributed by atoms with van der Waals surface area (Å²) in [6.07, 6.45) is 20.4. The Kier molecular flexibility index (Phi) is 18.3. The Morgan fingerprint density at radius 2 is 1.36 bits per heavy atom. The molecule has 0 bridgehead atoms. The summed E-state index contributed by atoms with van der Waals surface area (Å²) in [5.74, 6) is -1.00. The first-order valence-corrected chi connectivity index (χ1v) is 11.4. The lowest BCUT2D eigenvalue weighted by atomic mass is 10.1. The fourth-order valence-corrected chi connectivity index (χ4v) is 3.05.